The van der Waals surface area contributed by atoms with Crippen molar-refractivity contribution in [1.29, 1.82) is 5.26 Å². The molecule has 0 aliphatic heterocycles. The van der Waals surface area contributed by atoms with Crippen molar-refractivity contribution >= 4 is 31.6 Å². The molecule has 0 heterocycles. The molecule has 0 saturated heterocycles. The van der Waals surface area contributed by atoms with E-state index in [0.29, 0.717) is 15.6 Å². The van der Waals surface area contributed by atoms with Crippen LogP contribution in [0.3, 0.4) is 0 Å². The van der Waals surface area contributed by atoms with Crippen LogP contribution in [0.5, 0.6) is 0 Å². The van der Waals surface area contributed by atoms with Crippen LogP contribution >= 0.6 is 15.9 Å². The van der Waals surface area contributed by atoms with Gasteiger partial charge in [-0.2, -0.15) is 5.26 Å². The number of sulfonamides is 1. The Kier molecular flexibility index (Phi) is 4.60. The minimum atomic E-state index is -3.71. The molecule has 0 aliphatic rings. The van der Waals surface area contributed by atoms with Crippen molar-refractivity contribution in [1.82, 2.24) is 0 Å². The number of nitriles is 1. The maximum atomic E-state index is 13.0. The van der Waals surface area contributed by atoms with Gasteiger partial charge in [0.2, 0.25) is 10.0 Å². The van der Waals surface area contributed by atoms with Gasteiger partial charge in [0.15, 0.2) is 0 Å². The van der Waals surface area contributed by atoms with E-state index in [1.54, 1.807) is 24.3 Å². The summed E-state index contributed by atoms with van der Waals surface area (Å²) in [6.45, 7) is 0. The van der Waals surface area contributed by atoms with Crippen LogP contribution in [0.25, 0.3) is 0 Å². The van der Waals surface area contributed by atoms with Gasteiger partial charge in [-0.1, -0.05) is 18.2 Å². The zero-order valence-electron chi connectivity index (χ0n) is 10.7. The molecular formula is C14H10BrFN2O2S. The molecular weight excluding hydrogens is 359 g/mol. The van der Waals surface area contributed by atoms with Gasteiger partial charge in [0.1, 0.15) is 5.82 Å². The van der Waals surface area contributed by atoms with Crippen LogP contribution in [0.1, 0.15) is 11.1 Å². The third kappa shape index (κ3) is 4.03. The van der Waals surface area contributed by atoms with Gasteiger partial charge in [0.25, 0.3) is 0 Å². The van der Waals surface area contributed by atoms with Crippen molar-refractivity contribution in [3.8, 4) is 6.07 Å². The molecule has 0 bridgehead atoms. The van der Waals surface area contributed by atoms with Crippen molar-refractivity contribution in [2.45, 2.75) is 5.75 Å². The van der Waals surface area contributed by atoms with Gasteiger partial charge in [-0.25, -0.2) is 12.8 Å². The lowest BCUT2D eigenvalue weighted by molar-refractivity contribution is 0.600. The van der Waals surface area contributed by atoms with Crippen molar-refractivity contribution in [3.63, 3.8) is 0 Å². The predicted octanol–water partition coefficient (Wildman–Crippen LogP) is 3.40. The minimum absolute atomic E-state index is 0.242. The third-order valence-electron chi connectivity index (χ3n) is 2.68. The SMILES string of the molecule is N#Cc1ccccc1CS(=O)(=O)Nc1ccc(F)cc1Br. The zero-order chi connectivity index (χ0) is 15.5. The molecule has 108 valence electrons. The molecule has 2 rings (SSSR count). The van der Waals surface area contributed by atoms with E-state index in [1.165, 1.54) is 12.1 Å². The first-order chi connectivity index (χ1) is 9.91. The van der Waals surface area contributed by atoms with E-state index < -0.39 is 15.8 Å². The average molecular weight is 369 g/mol. The number of anilines is 1. The molecule has 0 aromatic heterocycles. The first kappa shape index (κ1) is 15.5. The molecule has 2 aromatic carbocycles. The number of nitrogens with one attached hydrogen (secondary N) is 1. The number of halogens is 2. The van der Waals surface area contributed by atoms with Gasteiger partial charge < -0.3 is 0 Å². The Morgan fingerprint density at radius 2 is 1.95 bits per heavy atom. The molecule has 0 amide bonds. The molecule has 1 N–H and O–H groups in total. The highest BCUT2D eigenvalue weighted by Gasteiger charge is 2.15. The first-order valence-corrected chi connectivity index (χ1v) is 8.29. The fourth-order valence-electron chi connectivity index (χ4n) is 1.74. The van der Waals surface area contributed by atoms with Crippen LogP contribution in [0.2, 0.25) is 0 Å². The lowest BCUT2D eigenvalue weighted by Gasteiger charge is -2.10. The molecule has 0 atom stereocenters. The number of rotatable bonds is 4. The summed E-state index contributed by atoms with van der Waals surface area (Å²) in [6.07, 6.45) is 0. The molecule has 7 heteroatoms. The maximum absolute atomic E-state index is 13.0. The Morgan fingerprint density at radius 3 is 2.62 bits per heavy atom. The fourth-order valence-corrected chi connectivity index (χ4v) is 3.56. The second-order valence-corrected chi connectivity index (χ2v) is 6.83. The summed E-state index contributed by atoms with van der Waals surface area (Å²) in [5, 5.41) is 8.97. The Labute approximate surface area is 130 Å². The molecule has 0 unspecified atom stereocenters. The van der Waals surface area contributed by atoms with E-state index in [-0.39, 0.29) is 11.4 Å². The van der Waals surface area contributed by atoms with Gasteiger partial charge in [-0.05, 0) is 45.8 Å². The maximum Gasteiger partial charge on any atom is 0.236 e. The molecule has 21 heavy (non-hydrogen) atoms. The third-order valence-corrected chi connectivity index (χ3v) is 4.56. The lowest BCUT2D eigenvalue weighted by Crippen LogP contribution is -2.16. The largest absolute Gasteiger partial charge is 0.282 e. The molecule has 0 aliphatic carbocycles. The molecule has 2 aromatic rings. The van der Waals surface area contributed by atoms with Crippen LogP contribution in [0.15, 0.2) is 46.9 Å². The zero-order valence-corrected chi connectivity index (χ0v) is 13.1. The standard InChI is InChI=1S/C14H10BrFN2O2S/c15-13-7-12(16)5-6-14(13)18-21(19,20)9-11-4-2-1-3-10(11)8-17/h1-7,18H,9H2. The van der Waals surface area contributed by atoms with Crippen molar-refractivity contribution in [2.24, 2.45) is 0 Å². The van der Waals surface area contributed by atoms with E-state index in [1.807, 2.05) is 6.07 Å². The summed E-state index contributed by atoms with van der Waals surface area (Å²) in [5.41, 5.74) is 0.956. The summed E-state index contributed by atoms with van der Waals surface area (Å²) in [4.78, 5) is 0. The molecule has 4 nitrogen and oxygen atoms in total. The van der Waals surface area contributed by atoms with Gasteiger partial charge in [0.05, 0.1) is 23.1 Å². The molecule has 0 saturated carbocycles. The van der Waals surface area contributed by atoms with Crippen LogP contribution in [0.4, 0.5) is 10.1 Å². The Balaban J connectivity index is 2.25. The molecule has 0 spiro atoms. The second kappa shape index (κ2) is 6.24. The number of benzene rings is 2. The topological polar surface area (TPSA) is 70.0 Å². The quantitative estimate of drug-likeness (QED) is 0.898. The molecule has 0 fully saturated rings. The van der Waals surface area contributed by atoms with E-state index in [9.17, 15) is 12.8 Å². The van der Waals surface area contributed by atoms with E-state index in [0.717, 1.165) is 6.07 Å². The van der Waals surface area contributed by atoms with Crippen molar-refractivity contribution in [2.75, 3.05) is 4.72 Å². The van der Waals surface area contributed by atoms with E-state index in [4.69, 9.17) is 5.26 Å². The Hall–Kier alpha value is -1.91. The van der Waals surface area contributed by atoms with Crippen LogP contribution in [-0.4, -0.2) is 8.42 Å². The summed E-state index contributed by atoms with van der Waals surface area (Å²) in [5.74, 6) is -0.805. The van der Waals surface area contributed by atoms with Gasteiger partial charge in [0, 0.05) is 4.47 Å². The lowest BCUT2D eigenvalue weighted by atomic mass is 10.1. The summed E-state index contributed by atoms with van der Waals surface area (Å²) < 4.78 is 39.9. The summed E-state index contributed by atoms with van der Waals surface area (Å²) >= 11 is 3.09. The highest BCUT2D eigenvalue weighted by atomic mass is 79.9. The van der Waals surface area contributed by atoms with Crippen LogP contribution < -0.4 is 4.72 Å². The molecule has 0 radical (unpaired) electrons. The van der Waals surface area contributed by atoms with Gasteiger partial charge >= 0.3 is 0 Å². The van der Waals surface area contributed by atoms with Gasteiger partial charge in [-0.15, -0.1) is 0 Å². The fraction of sp³-hybridized carbons (Fsp3) is 0.0714. The van der Waals surface area contributed by atoms with E-state index >= 15 is 0 Å². The highest BCUT2D eigenvalue weighted by molar-refractivity contribution is 9.10. The van der Waals surface area contributed by atoms with Crippen molar-refractivity contribution in [3.05, 3.63) is 63.9 Å². The Bertz CT molecular complexity index is 816. The summed E-state index contributed by atoms with van der Waals surface area (Å²) in [7, 11) is -3.71. The number of hydrogen-bond donors (Lipinski definition) is 1. The average Bonchev–Trinajstić information content (AvgIpc) is 2.42. The smallest absolute Gasteiger partial charge is 0.236 e. The number of nitrogens with zero attached hydrogens (tertiary/aromatic N) is 1. The number of hydrogen-bond acceptors (Lipinski definition) is 3. The Morgan fingerprint density at radius 1 is 1.24 bits per heavy atom. The second-order valence-electron chi connectivity index (χ2n) is 4.25. The normalized spacial score (nSPS) is 10.9. The highest BCUT2D eigenvalue weighted by Crippen LogP contribution is 2.25. The van der Waals surface area contributed by atoms with Gasteiger partial charge in [-0.3, -0.25) is 4.72 Å². The predicted molar refractivity (Wildman–Crippen MR) is 81.5 cm³/mol. The van der Waals surface area contributed by atoms with Crippen LogP contribution in [0, 0.1) is 17.1 Å². The first-order valence-electron chi connectivity index (χ1n) is 5.85. The summed E-state index contributed by atoms with van der Waals surface area (Å²) in [6, 6.07) is 12.1. The van der Waals surface area contributed by atoms with E-state index in [2.05, 4.69) is 20.7 Å². The van der Waals surface area contributed by atoms with Crippen molar-refractivity contribution < 1.29 is 12.8 Å². The minimum Gasteiger partial charge on any atom is -0.282 e. The van der Waals surface area contributed by atoms with Crippen LogP contribution in [-0.2, 0) is 15.8 Å². The monoisotopic (exact) mass is 368 g/mol.